The summed E-state index contributed by atoms with van der Waals surface area (Å²) >= 11 is 0. The monoisotopic (exact) mass is 178 g/mol. The molecule has 0 saturated carbocycles. The van der Waals surface area contributed by atoms with E-state index in [-0.39, 0.29) is 6.29 Å². The molecule has 1 aliphatic heterocycles. The summed E-state index contributed by atoms with van der Waals surface area (Å²) in [6.45, 7) is 0. The van der Waals surface area contributed by atoms with Gasteiger partial charge in [-0.25, -0.2) is 0 Å². The van der Waals surface area contributed by atoms with Crippen LogP contribution in [0.4, 0.5) is 0 Å². The molecule has 4 N–H and O–H groups in total. The minimum Gasteiger partial charge on any atom is -0.387 e. The fraction of sp³-hybridized carbons (Fsp3) is 0.833. The van der Waals surface area contributed by atoms with Crippen LogP contribution in [0.5, 0.6) is 0 Å². The molecule has 1 saturated heterocycles. The maximum absolute atomic E-state index is 10.2. The number of rotatable bonds is 1. The maximum atomic E-state index is 10.2. The zero-order valence-corrected chi connectivity index (χ0v) is 6.07. The Bertz CT molecular complexity index is 171. The van der Waals surface area contributed by atoms with Gasteiger partial charge >= 0.3 is 0 Å². The third kappa shape index (κ3) is 1.47. The number of carbonyl (C=O) groups is 1. The summed E-state index contributed by atoms with van der Waals surface area (Å²) in [7, 11) is 0. The second kappa shape index (κ2) is 3.46. The molecule has 1 rings (SSSR count). The van der Waals surface area contributed by atoms with E-state index in [1.807, 2.05) is 0 Å². The van der Waals surface area contributed by atoms with Gasteiger partial charge in [-0.2, -0.15) is 0 Å². The van der Waals surface area contributed by atoms with Gasteiger partial charge in [0.1, 0.15) is 24.4 Å². The van der Waals surface area contributed by atoms with E-state index in [0.717, 1.165) is 0 Å². The average molecular weight is 178 g/mol. The fourth-order valence-electron chi connectivity index (χ4n) is 1.000. The molecular formula is C6H10O6. The maximum Gasteiger partial charge on any atom is 0.184 e. The fourth-order valence-corrected chi connectivity index (χ4v) is 1.000. The molecule has 6 nitrogen and oxygen atoms in total. The molecule has 0 radical (unpaired) electrons. The Morgan fingerprint density at radius 2 is 1.58 bits per heavy atom. The number of hydrogen-bond acceptors (Lipinski definition) is 6. The number of ether oxygens (including phenoxy) is 1. The second-order valence-corrected chi connectivity index (χ2v) is 2.60. The first-order valence-electron chi connectivity index (χ1n) is 3.41. The Balaban J connectivity index is 2.70. The predicted molar refractivity (Wildman–Crippen MR) is 35.0 cm³/mol. The van der Waals surface area contributed by atoms with Gasteiger partial charge in [-0.15, -0.1) is 0 Å². The van der Waals surface area contributed by atoms with Crippen molar-refractivity contribution in [1.82, 2.24) is 0 Å². The van der Waals surface area contributed by atoms with Crippen LogP contribution in [0, 0.1) is 0 Å². The van der Waals surface area contributed by atoms with Crippen LogP contribution in [0.15, 0.2) is 0 Å². The lowest BCUT2D eigenvalue weighted by molar-refractivity contribution is -0.272. The SMILES string of the molecule is O=CC1OC(O)C(O)[C@@H](O)[C@H]1O. The van der Waals surface area contributed by atoms with Crippen LogP contribution in [0.3, 0.4) is 0 Å². The number of carbonyl (C=O) groups excluding carboxylic acids is 1. The van der Waals surface area contributed by atoms with Gasteiger partial charge in [-0.3, -0.25) is 0 Å². The third-order valence-electron chi connectivity index (χ3n) is 1.76. The molecule has 0 amide bonds. The van der Waals surface area contributed by atoms with Crippen LogP contribution < -0.4 is 0 Å². The normalized spacial score (nSPS) is 48.8. The van der Waals surface area contributed by atoms with Crippen molar-refractivity contribution in [3.8, 4) is 0 Å². The standard InChI is InChI=1S/C6H10O6/c7-1-2-3(8)4(9)5(10)6(11)12-2/h1-6,8-11H/t2?,3-,4-,5?,6?/m0/s1. The summed E-state index contributed by atoms with van der Waals surface area (Å²) in [6, 6.07) is 0. The van der Waals surface area contributed by atoms with Gasteiger partial charge in [0.05, 0.1) is 0 Å². The highest BCUT2D eigenvalue weighted by molar-refractivity contribution is 5.57. The number of aliphatic hydroxyl groups is 4. The molecular weight excluding hydrogens is 168 g/mol. The van der Waals surface area contributed by atoms with Crippen LogP contribution in [-0.2, 0) is 9.53 Å². The highest BCUT2D eigenvalue weighted by Gasteiger charge is 2.42. The first-order chi connectivity index (χ1) is 5.57. The average Bonchev–Trinajstić information content (AvgIpc) is 2.08. The van der Waals surface area contributed by atoms with Crippen LogP contribution in [0.25, 0.3) is 0 Å². The minimum absolute atomic E-state index is 0.253. The van der Waals surface area contributed by atoms with Crippen LogP contribution >= 0.6 is 0 Å². The number of aliphatic hydroxyl groups excluding tert-OH is 4. The molecule has 0 aromatic carbocycles. The molecule has 1 aliphatic rings. The summed E-state index contributed by atoms with van der Waals surface area (Å²) in [5.41, 5.74) is 0. The summed E-state index contributed by atoms with van der Waals surface area (Å²) < 4.78 is 4.46. The quantitative estimate of drug-likeness (QED) is 0.318. The first-order valence-corrected chi connectivity index (χ1v) is 3.41. The smallest absolute Gasteiger partial charge is 0.184 e. The molecule has 5 atom stereocenters. The van der Waals surface area contributed by atoms with Crippen molar-refractivity contribution in [2.24, 2.45) is 0 Å². The highest BCUT2D eigenvalue weighted by atomic mass is 16.6. The van der Waals surface area contributed by atoms with Gasteiger partial charge < -0.3 is 30.0 Å². The summed E-state index contributed by atoms with van der Waals surface area (Å²) in [6.07, 6.45) is -7.33. The Morgan fingerprint density at radius 1 is 1.00 bits per heavy atom. The van der Waals surface area contributed by atoms with Crippen molar-refractivity contribution in [3.05, 3.63) is 0 Å². The Hall–Kier alpha value is -0.530. The lowest BCUT2D eigenvalue weighted by atomic mass is 10.00. The molecule has 0 aromatic rings. The van der Waals surface area contributed by atoms with Crippen LogP contribution in [-0.4, -0.2) is 57.4 Å². The van der Waals surface area contributed by atoms with Crippen molar-refractivity contribution in [1.29, 1.82) is 0 Å². The van der Waals surface area contributed by atoms with E-state index >= 15 is 0 Å². The van der Waals surface area contributed by atoms with Crippen molar-refractivity contribution < 1.29 is 30.0 Å². The molecule has 1 fully saturated rings. The molecule has 0 aliphatic carbocycles. The van der Waals surface area contributed by atoms with E-state index in [1.165, 1.54) is 0 Å². The summed E-state index contributed by atoms with van der Waals surface area (Å²) in [5, 5.41) is 35.9. The molecule has 70 valence electrons. The van der Waals surface area contributed by atoms with Gasteiger partial charge in [0, 0.05) is 0 Å². The zero-order chi connectivity index (χ0) is 9.30. The largest absolute Gasteiger partial charge is 0.387 e. The van der Waals surface area contributed by atoms with Gasteiger partial charge in [-0.1, -0.05) is 0 Å². The van der Waals surface area contributed by atoms with Gasteiger partial charge in [0.15, 0.2) is 12.6 Å². The number of aldehydes is 1. The van der Waals surface area contributed by atoms with Gasteiger partial charge in [-0.05, 0) is 0 Å². The molecule has 12 heavy (non-hydrogen) atoms. The predicted octanol–water partition coefficient (Wildman–Crippen LogP) is -3.01. The van der Waals surface area contributed by atoms with E-state index in [9.17, 15) is 4.79 Å². The lowest BCUT2D eigenvalue weighted by Gasteiger charge is -2.35. The van der Waals surface area contributed by atoms with Crippen molar-refractivity contribution >= 4 is 6.29 Å². The third-order valence-corrected chi connectivity index (χ3v) is 1.76. The Kier molecular flexibility index (Phi) is 2.76. The Morgan fingerprint density at radius 3 is 2.08 bits per heavy atom. The van der Waals surface area contributed by atoms with Crippen molar-refractivity contribution in [2.75, 3.05) is 0 Å². The lowest BCUT2D eigenvalue weighted by Crippen LogP contribution is -2.57. The van der Waals surface area contributed by atoms with Crippen LogP contribution in [0.2, 0.25) is 0 Å². The molecule has 0 bridgehead atoms. The topological polar surface area (TPSA) is 107 Å². The van der Waals surface area contributed by atoms with E-state index < -0.39 is 30.7 Å². The van der Waals surface area contributed by atoms with Gasteiger partial charge in [0.2, 0.25) is 0 Å². The molecule has 3 unspecified atom stereocenters. The van der Waals surface area contributed by atoms with Crippen molar-refractivity contribution in [3.63, 3.8) is 0 Å². The van der Waals surface area contributed by atoms with Crippen molar-refractivity contribution in [2.45, 2.75) is 30.7 Å². The highest BCUT2D eigenvalue weighted by Crippen LogP contribution is 2.18. The number of hydrogen-bond donors (Lipinski definition) is 4. The van der Waals surface area contributed by atoms with Gasteiger partial charge in [0.25, 0.3) is 0 Å². The molecule has 6 heteroatoms. The minimum atomic E-state index is -1.64. The summed E-state index contributed by atoms with van der Waals surface area (Å²) in [4.78, 5) is 10.2. The Labute approximate surface area is 68.0 Å². The molecule has 0 aromatic heterocycles. The molecule has 1 heterocycles. The molecule has 0 spiro atoms. The van der Waals surface area contributed by atoms with E-state index in [2.05, 4.69) is 4.74 Å². The van der Waals surface area contributed by atoms with E-state index in [1.54, 1.807) is 0 Å². The second-order valence-electron chi connectivity index (χ2n) is 2.60. The first kappa shape index (κ1) is 9.56. The summed E-state index contributed by atoms with van der Waals surface area (Å²) in [5.74, 6) is 0. The van der Waals surface area contributed by atoms with Crippen LogP contribution in [0.1, 0.15) is 0 Å². The zero-order valence-electron chi connectivity index (χ0n) is 6.07. The van der Waals surface area contributed by atoms with E-state index in [4.69, 9.17) is 20.4 Å². The van der Waals surface area contributed by atoms with E-state index in [0.29, 0.717) is 0 Å².